The van der Waals surface area contributed by atoms with Crippen molar-refractivity contribution in [3.63, 3.8) is 0 Å². The molecule has 25 nitrogen and oxygen atoms in total. The normalized spacial score (nSPS) is 18.1. The fraction of sp³-hybridized carbons (Fsp3) is 0.400. The third-order valence-electron chi connectivity index (χ3n) is 11.7. The number of nitrogens with two attached hydrogens (primary N) is 1. The fourth-order valence-corrected chi connectivity index (χ4v) is 10.1. The molecule has 7 rings (SSSR count). The summed E-state index contributed by atoms with van der Waals surface area (Å²) in [6, 6.07) is 15.4. The number of amides is 3. The SMILES string of the molecule is CCN=c1cc2oc3cc(NCC)c(C)cc3c(-c3ccccc3C(=O)N(C)CCCC(=O)NCCNC(=O)O[C@@H]3[C@H](O)[C@@H](COP(=O)(O)OP(=O)(O)O)O[C@H]3[n+]3cn(C)c4c(=O)[nH]c(N)nc43)c-2cc1C. The molecule has 3 aliphatic rings. The monoisotopic (exact) mass is 1040 g/mol. The number of rotatable bonds is 19. The molecule has 386 valence electrons. The van der Waals surface area contributed by atoms with Crippen LogP contribution in [0.15, 0.2) is 69.1 Å². The number of anilines is 2. The largest absolute Gasteiger partial charge is 0.481 e. The third-order valence-corrected chi connectivity index (χ3v) is 13.8. The molecule has 1 aliphatic carbocycles. The fourth-order valence-electron chi connectivity index (χ4n) is 8.48. The van der Waals surface area contributed by atoms with E-state index in [0.717, 1.165) is 45.2 Å². The molecule has 5 atom stereocenters. The van der Waals surface area contributed by atoms with Crippen LogP contribution >= 0.6 is 15.6 Å². The summed E-state index contributed by atoms with van der Waals surface area (Å²) in [6.45, 7) is 8.37. The van der Waals surface area contributed by atoms with Gasteiger partial charge in [0.2, 0.25) is 17.7 Å². The molecule has 4 heterocycles. The Labute approximate surface area is 411 Å². The van der Waals surface area contributed by atoms with Gasteiger partial charge in [-0.15, -0.1) is 0 Å². The van der Waals surface area contributed by atoms with Gasteiger partial charge in [0.1, 0.15) is 23.6 Å². The van der Waals surface area contributed by atoms with E-state index in [1.54, 1.807) is 18.0 Å². The average molecular weight is 1040 g/mol. The number of ether oxygens (including phenoxy) is 2. The molecule has 1 fully saturated rings. The number of phosphoric acid groups is 2. The maximum Gasteiger partial charge on any atom is 0.481 e. The smallest absolute Gasteiger partial charge is 0.456 e. The zero-order valence-corrected chi connectivity index (χ0v) is 41.9. The number of aromatic nitrogens is 4. The molecule has 10 N–H and O–H groups in total. The number of fused-ring (bicyclic) bond motifs is 3. The minimum Gasteiger partial charge on any atom is -0.456 e. The topological polar surface area (TPSA) is 349 Å². The number of hydrogen-bond donors (Lipinski definition) is 9. The van der Waals surface area contributed by atoms with Gasteiger partial charge in [-0.25, -0.2) is 18.5 Å². The van der Waals surface area contributed by atoms with E-state index in [2.05, 4.69) is 45.8 Å². The Morgan fingerprint density at radius 3 is 2.50 bits per heavy atom. The van der Waals surface area contributed by atoms with Crippen molar-refractivity contribution in [2.45, 2.75) is 65.1 Å². The third kappa shape index (κ3) is 12.0. The summed E-state index contributed by atoms with van der Waals surface area (Å²) in [4.78, 5) is 93.4. The maximum atomic E-state index is 14.3. The van der Waals surface area contributed by atoms with Crippen LogP contribution in [0.5, 0.6) is 0 Å². The lowest BCUT2D eigenvalue weighted by Gasteiger charge is -2.22. The van der Waals surface area contributed by atoms with Crippen molar-refractivity contribution >= 4 is 67.3 Å². The molecule has 4 aromatic rings. The Kier molecular flexibility index (Phi) is 16.3. The summed E-state index contributed by atoms with van der Waals surface area (Å²) in [7, 11) is -7.72. The van der Waals surface area contributed by atoms with Gasteiger partial charge < -0.3 is 60.3 Å². The predicted molar refractivity (Wildman–Crippen MR) is 260 cm³/mol. The summed E-state index contributed by atoms with van der Waals surface area (Å²) >= 11 is 0. The minimum atomic E-state index is -5.49. The van der Waals surface area contributed by atoms with Crippen molar-refractivity contribution in [1.82, 2.24) is 30.1 Å². The summed E-state index contributed by atoms with van der Waals surface area (Å²) in [5, 5.41) is 21.4. The van der Waals surface area contributed by atoms with Gasteiger partial charge in [0.25, 0.3) is 17.4 Å². The molecule has 0 saturated carbocycles. The second kappa shape index (κ2) is 22.1. The summed E-state index contributed by atoms with van der Waals surface area (Å²) in [5.74, 6) is -0.275. The molecule has 2 aliphatic heterocycles. The molecule has 0 spiro atoms. The van der Waals surface area contributed by atoms with E-state index in [1.165, 1.54) is 22.5 Å². The standard InChI is InChI=1S/C45H56N10O15P2/c1-7-47-30-20-32-28(18-24(30)3)36(29-19-25(4)31(48-8-2)21-33(29)67-32)26-12-9-10-13-27(26)42(59)53(5)17-11-14-35(56)49-15-16-50-45(60)69-39-38(57)34(22-66-72(64,65)70-71(61,62)63)68-43(39)55-23-54(6)37-40(55)51-44(46)52-41(37)58/h9-10,12-13,18-21,23,34,38-39,43,57H,7-8,11,14-17,22H2,1-6H3,(H8-,46,47,48,49,50,51,52,56,58,60,61,62,63,64,65)/p+1/t34-,38-,39-,43-/m1/s1. The number of alkyl carbamates (subject to hydrolysis) is 1. The highest BCUT2D eigenvalue weighted by molar-refractivity contribution is 7.60. The zero-order valence-electron chi connectivity index (χ0n) is 40.1. The van der Waals surface area contributed by atoms with Crippen LogP contribution in [0.2, 0.25) is 0 Å². The number of aliphatic hydroxyl groups is 1. The number of phosphoric ester groups is 1. The molecular formula is C45H57N10O15P2+. The second-order valence-corrected chi connectivity index (χ2v) is 19.8. The van der Waals surface area contributed by atoms with Gasteiger partial charge in [-0.05, 0) is 69.0 Å². The Balaban J connectivity index is 0.974. The molecule has 2 aromatic heterocycles. The zero-order chi connectivity index (χ0) is 52.2. The van der Waals surface area contributed by atoms with E-state index in [1.807, 2.05) is 64.1 Å². The molecule has 1 saturated heterocycles. The number of nitrogens with zero attached hydrogens (tertiary/aromatic N) is 5. The van der Waals surface area contributed by atoms with E-state index in [0.29, 0.717) is 35.4 Å². The van der Waals surface area contributed by atoms with Crippen molar-refractivity contribution in [2.75, 3.05) is 57.4 Å². The Morgan fingerprint density at radius 1 is 1.04 bits per heavy atom. The van der Waals surface area contributed by atoms with E-state index >= 15 is 0 Å². The number of nitrogens with one attached hydrogen (secondary N) is 4. The molecule has 0 bridgehead atoms. The van der Waals surface area contributed by atoms with Gasteiger partial charge in [0.05, 0.1) is 19.0 Å². The molecule has 27 heteroatoms. The first-order chi connectivity index (χ1) is 34.1. The number of carbonyl (C=O) groups is 3. The molecule has 72 heavy (non-hydrogen) atoms. The quantitative estimate of drug-likeness (QED) is 0.0244. The Bertz CT molecular complexity index is 3230. The number of aliphatic hydroxyl groups excluding tert-OH is 1. The van der Waals surface area contributed by atoms with Gasteiger partial charge in [-0.1, -0.05) is 23.2 Å². The van der Waals surface area contributed by atoms with Crippen molar-refractivity contribution in [2.24, 2.45) is 12.0 Å². The number of benzene rings is 3. The number of H-pyrrole nitrogens is 1. The average Bonchev–Trinajstić information content (AvgIpc) is 3.80. The Morgan fingerprint density at radius 2 is 1.78 bits per heavy atom. The summed E-state index contributed by atoms with van der Waals surface area (Å²) in [6.07, 6.45) is -5.93. The predicted octanol–water partition coefficient (Wildman–Crippen LogP) is 2.87. The highest BCUT2D eigenvalue weighted by atomic mass is 31.3. The number of imidazole rings is 1. The second-order valence-electron chi connectivity index (χ2n) is 17.0. The van der Waals surface area contributed by atoms with Crippen LogP contribution in [0.25, 0.3) is 44.6 Å². The van der Waals surface area contributed by atoms with Crippen molar-refractivity contribution in [3.05, 3.63) is 87.3 Å². The van der Waals surface area contributed by atoms with E-state index in [4.69, 9.17) is 29.4 Å². The lowest BCUT2D eigenvalue weighted by Crippen LogP contribution is -2.49. The van der Waals surface area contributed by atoms with E-state index < -0.39 is 58.4 Å². The molecule has 2 aromatic carbocycles. The van der Waals surface area contributed by atoms with Crippen LogP contribution in [-0.4, -0.2) is 122 Å². The summed E-state index contributed by atoms with van der Waals surface area (Å²) < 4.78 is 52.2. The van der Waals surface area contributed by atoms with Crippen LogP contribution in [0.1, 0.15) is 54.4 Å². The first kappa shape index (κ1) is 53.3. The van der Waals surface area contributed by atoms with Gasteiger partial charge >= 0.3 is 27.4 Å². The number of aryl methyl sites for hydroxylation is 3. The highest BCUT2D eigenvalue weighted by Crippen LogP contribution is 2.57. The van der Waals surface area contributed by atoms with Crippen LogP contribution in [0.3, 0.4) is 0 Å². The lowest BCUT2D eigenvalue weighted by atomic mass is 9.89. The number of nitrogen functional groups attached to an aromatic ring is 1. The highest BCUT2D eigenvalue weighted by Gasteiger charge is 2.51. The Hall–Kier alpha value is -6.53. The molecule has 3 amide bonds. The molecular weight excluding hydrogens is 982 g/mol. The van der Waals surface area contributed by atoms with Crippen LogP contribution < -0.4 is 37.2 Å². The number of hydrogen-bond acceptors (Lipinski definition) is 16. The lowest BCUT2D eigenvalue weighted by molar-refractivity contribution is -0.745. The number of carbonyl (C=O) groups excluding carboxylic acids is 3. The van der Waals surface area contributed by atoms with Crippen LogP contribution in [0.4, 0.5) is 16.4 Å². The first-order valence-corrected chi connectivity index (χ1v) is 25.8. The number of aromatic amines is 1. The van der Waals surface area contributed by atoms with Gasteiger partial charge in [-0.3, -0.25) is 33.5 Å². The van der Waals surface area contributed by atoms with Crippen molar-refractivity contribution in [1.29, 1.82) is 0 Å². The first-order valence-electron chi connectivity index (χ1n) is 22.8. The molecule has 1 unspecified atom stereocenters. The van der Waals surface area contributed by atoms with E-state index in [-0.39, 0.29) is 55.0 Å². The van der Waals surface area contributed by atoms with Gasteiger partial charge in [0, 0.05) is 86.1 Å². The van der Waals surface area contributed by atoms with Crippen molar-refractivity contribution < 1.29 is 70.6 Å². The van der Waals surface area contributed by atoms with Gasteiger partial charge in [0.15, 0.2) is 12.4 Å². The van der Waals surface area contributed by atoms with Crippen molar-refractivity contribution in [3.8, 4) is 22.5 Å². The van der Waals surface area contributed by atoms with Gasteiger partial charge in [-0.2, -0.15) is 4.31 Å². The van der Waals surface area contributed by atoms with E-state index in [9.17, 15) is 38.3 Å². The maximum absolute atomic E-state index is 14.3. The molecule has 0 radical (unpaired) electrons. The minimum absolute atomic E-state index is 0.00392. The summed E-state index contributed by atoms with van der Waals surface area (Å²) in [5.41, 5.74) is 11.5. The van der Waals surface area contributed by atoms with Crippen LogP contribution in [-0.2, 0) is 39.3 Å². The van der Waals surface area contributed by atoms with Crippen LogP contribution in [0, 0.1) is 13.8 Å².